The fourth-order valence-corrected chi connectivity index (χ4v) is 7.56. The number of benzene rings is 2. The normalized spacial score (nSPS) is 27.9. The van der Waals surface area contributed by atoms with Crippen molar-refractivity contribution in [1.29, 1.82) is 0 Å². The molecule has 4 fully saturated rings. The van der Waals surface area contributed by atoms with E-state index in [1.807, 2.05) is 41.3 Å². The molecule has 0 spiro atoms. The number of para-hydroxylation sites is 1. The Bertz CT molecular complexity index is 1340. The molecule has 5 aliphatic rings. The average Bonchev–Trinajstić information content (AvgIpc) is 3.30. The van der Waals surface area contributed by atoms with Crippen molar-refractivity contribution in [3.05, 3.63) is 64.2 Å². The molecular formula is C28H29N3O4. The number of hydrogen-bond donors (Lipinski definition) is 1. The molecule has 4 bridgehead atoms. The van der Waals surface area contributed by atoms with Crippen molar-refractivity contribution in [3.8, 4) is 11.5 Å². The maximum Gasteiger partial charge on any atom is 0.258 e. The summed E-state index contributed by atoms with van der Waals surface area (Å²) < 4.78 is 11.0. The van der Waals surface area contributed by atoms with Crippen LogP contribution in [0.15, 0.2) is 47.3 Å². The van der Waals surface area contributed by atoms with Crippen molar-refractivity contribution in [1.82, 2.24) is 14.9 Å². The number of aromatic amines is 1. The molecule has 0 atom stereocenters. The molecule has 1 N–H and O–H groups in total. The van der Waals surface area contributed by atoms with E-state index in [2.05, 4.69) is 4.98 Å². The highest BCUT2D eigenvalue weighted by Gasteiger charge is 2.55. The summed E-state index contributed by atoms with van der Waals surface area (Å²) in [6.45, 7) is 0.930. The van der Waals surface area contributed by atoms with Gasteiger partial charge in [-0.3, -0.25) is 9.59 Å². The number of H-pyrrole nitrogens is 1. The average molecular weight is 472 g/mol. The molecule has 0 saturated heterocycles. The summed E-state index contributed by atoms with van der Waals surface area (Å²) in [7, 11) is 0. The summed E-state index contributed by atoms with van der Waals surface area (Å²) in [4.78, 5) is 36.6. The first-order chi connectivity index (χ1) is 17.0. The van der Waals surface area contributed by atoms with Crippen molar-refractivity contribution >= 4 is 16.8 Å². The van der Waals surface area contributed by atoms with Gasteiger partial charge in [-0.1, -0.05) is 18.2 Å². The predicted molar refractivity (Wildman–Crippen MR) is 130 cm³/mol. The molecule has 1 aliphatic heterocycles. The first-order valence-corrected chi connectivity index (χ1v) is 12.7. The van der Waals surface area contributed by atoms with Crippen LogP contribution in [0.5, 0.6) is 11.5 Å². The van der Waals surface area contributed by atoms with E-state index in [0.29, 0.717) is 46.8 Å². The van der Waals surface area contributed by atoms with Gasteiger partial charge in [0, 0.05) is 6.54 Å². The molecule has 2 aromatic carbocycles. The topological polar surface area (TPSA) is 84.5 Å². The van der Waals surface area contributed by atoms with Crippen molar-refractivity contribution in [2.24, 2.45) is 23.2 Å². The van der Waals surface area contributed by atoms with Gasteiger partial charge < -0.3 is 19.4 Å². The fraction of sp³-hybridized carbons (Fsp3) is 0.464. The molecule has 1 aromatic heterocycles. The Morgan fingerprint density at radius 3 is 2.46 bits per heavy atom. The Morgan fingerprint density at radius 1 is 0.971 bits per heavy atom. The second-order valence-corrected chi connectivity index (χ2v) is 11.1. The number of carbonyl (C=O) groups excluding carboxylic acids is 1. The van der Waals surface area contributed by atoms with Gasteiger partial charge in [0.2, 0.25) is 12.7 Å². The minimum absolute atomic E-state index is 0.170. The number of aromatic nitrogens is 2. The summed E-state index contributed by atoms with van der Waals surface area (Å²) >= 11 is 0. The third-order valence-electron chi connectivity index (χ3n) is 8.59. The quantitative estimate of drug-likeness (QED) is 0.596. The highest BCUT2D eigenvalue weighted by Crippen LogP contribution is 2.60. The van der Waals surface area contributed by atoms with Gasteiger partial charge in [-0.25, -0.2) is 4.98 Å². The van der Waals surface area contributed by atoms with E-state index >= 15 is 0 Å². The molecular weight excluding hydrogens is 442 g/mol. The molecule has 4 saturated carbocycles. The van der Waals surface area contributed by atoms with Crippen molar-refractivity contribution in [2.75, 3.05) is 6.79 Å². The van der Waals surface area contributed by atoms with Gasteiger partial charge in [-0.05, 0) is 86.1 Å². The van der Waals surface area contributed by atoms with Crippen LogP contribution in [0, 0.1) is 23.2 Å². The Hall–Kier alpha value is -3.35. The van der Waals surface area contributed by atoms with Crippen LogP contribution in [0.3, 0.4) is 0 Å². The van der Waals surface area contributed by atoms with E-state index in [4.69, 9.17) is 14.5 Å². The van der Waals surface area contributed by atoms with Crippen LogP contribution in [0.1, 0.15) is 49.9 Å². The van der Waals surface area contributed by atoms with Crippen LogP contribution < -0.4 is 15.0 Å². The van der Waals surface area contributed by atoms with Gasteiger partial charge in [0.1, 0.15) is 5.82 Å². The number of hydrogen-bond acceptors (Lipinski definition) is 5. The number of nitrogens with one attached hydrogen (secondary N) is 1. The molecule has 180 valence electrons. The van der Waals surface area contributed by atoms with Crippen molar-refractivity contribution in [2.45, 2.75) is 51.6 Å². The summed E-state index contributed by atoms with van der Waals surface area (Å²) in [6, 6.07) is 13.2. The number of rotatable bonds is 5. The van der Waals surface area contributed by atoms with E-state index in [-0.39, 0.29) is 30.2 Å². The number of carbonyl (C=O) groups is 1. The molecule has 8 rings (SSSR count). The van der Waals surface area contributed by atoms with E-state index in [1.165, 1.54) is 19.3 Å². The Kier molecular flexibility index (Phi) is 4.69. The van der Waals surface area contributed by atoms with Crippen LogP contribution in [0.2, 0.25) is 0 Å². The zero-order chi connectivity index (χ0) is 23.6. The highest BCUT2D eigenvalue weighted by molar-refractivity contribution is 5.83. The number of nitrogens with zero attached hydrogens (tertiary/aromatic N) is 2. The minimum atomic E-state index is -0.276. The number of fused-ring (bicyclic) bond motifs is 2. The molecule has 2 heterocycles. The van der Waals surface area contributed by atoms with E-state index in [1.54, 1.807) is 6.07 Å². The SMILES string of the molecule is O=C(N(Cc1ccc2c(c1)OCO2)Cc1nc2ccccc2c(=O)[nH]1)C12CC3CC(CC(C3)C1)C2. The second kappa shape index (κ2) is 7.83. The zero-order valence-electron chi connectivity index (χ0n) is 19.7. The maximum atomic E-state index is 14.3. The molecule has 0 unspecified atom stereocenters. The summed E-state index contributed by atoms with van der Waals surface area (Å²) in [6.07, 6.45) is 6.85. The van der Waals surface area contributed by atoms with Crippen molar-refractivity contribution < 1.29 is 14.3 Å². The molecule has 7 heteroatoms. The predicted octanol–water partition coefficient (Wildman–Crippen LogP) is 4.40. The van der Waals surface area contributed by atoms with Crippen LogP contribution in [0.4, 0.5) is 0 Å². The van der Waals surface area contributed by atoms with Gasteiger partial charge in [-0.2, -0.15) is 0 Å². The number of amides is 1. The monoisotopic (exact) mass is 471 g/mol. The van der Waals surface area contributed by atoms with Gasteiger partial charge in [0.25, 0.3) is 5.56 Å². The van der Waals surface area contributed by atoms with Gasteiger partial charge >= 0.3 is 0 Å². The lowest BCUT2D eigenvalue weighted by atomic mass is 9.49. The smallest absolute Gasteiger partial charge is 0.258 e. The molecule has 7 nitrogen and oxygen atoms in total. The summed E-state index contributed by atoms with van der Waals surface area (Å²) in [5.74, 6) is 4.20. The molecule has 4 aliphatic carbocycles. The summed E-state index contributed by atoms with van der Waals surface area (Å²) in [5, 5.41) is 0.561. The molecule has 3 aromatic rings. The van der Waals surface area contributed by atoms with Crippen molar-refractivity contribution in [3.63, 3.8) is 0 Å². The van der Waals surface area contributed by atoms with Crippen LogP contribution >= 0.6 is 0 Å². The fourth-order valence-electron chi connectivity index (χ4n) is 7.56. The first kappa shape index (κ1) is 21.0. The summed E-state index contributed by atoms with van der Waals surface area (Å²) in [5.41, 5.74) is 1.19. The first-order valence-electron chi connectivity index (χ1n) is 12.7. The van der Waals surface area contributed by atoms with Gasteiger partial charge in [0.15, 0.2) is 11.5 Å². The Labute approximate surface area is 203 Å². The van der Waals surface area contributed by atoms with Gasteiger partial charge in [0.05, 0.1) is 22.9 Å². The maximum absolute atomic E-state index is 14.3. The molecule has 1 amide bonds. The van der Waals surface area contributed by atoms with Gasteiger partial charge in [-0.15, -0.1) is 0 Å². The third kappa shape index (κ3) is 3.60. The standard InChI is InChI=1S/C28H29N3O4/c32-26-21-3-1-2-4-22(21)29-25(30-26)15-31(14-17-5-6-23-24(10-17)35-16-34-23)27(33)28-11-18-7-19(12-28)9-20(8-18)13-28/h1-6,10,18-20H,7-9,11-16H2,(H,29,30,32). The highest BCUT2D eigenvalue weighted by atomic mass is 16.7. The Balaban J connectivity index is 1.24. The molecule has 35 heavy (non-hydrogen) atoms. The minimum Gasteiger partial charge on any atom is -0.454 e. The number of ether oxygens (including phenoxy) is 2. The lowest BCUT2D eigenvalue weighted by molar-refractivity contribution is -0.159. The lowest BCUT2D eigenvalue weighted by Crippen LogP contribution is -2.54. The molecule has 0 radical (unpaired) electrons. The van der Waals surface area contributed by atoms with Crippen LogP contribution in [0.25, 0.3) is 10.9 Å². The van der Waals surface area contributed by atoms with Crippen LogP contribution in [-0.2, 0) is 17.9 Å². The lowest BCUT2D eigenvalue weighted by Gasteiger charge is -2.56. The van der Waals surface area contributed by atoms with E-state index < -0.39 is 0 Å². The van der Waals surface area contributed by atoms with E-state index in [9.17, 15) is 9.59 Å². The zero-order valence-corrected chi connectivity index (χ0v) is 19.7. The largest absolute Gasteiger partial charge is 0.454 e. The third-order valence-corrected chi connectivity index (χ3v) is 8.59. The second-order valence-electron chi connectivity index (χ2n) is 11.1. The van der Waals surface area contributed by atoms with Crippen LogP contribution in [-0.4, -0.2) is 27.6 Å². The Morgan fingerprint density at radius 2 is 1.69 bits per heavy atom. The van der Waals surface area contributed by atoms with E-state index in [0.717, 1.165) is 30.6 Å².